The van der Waals surface area contributed by atoms with Crippen molar-refractivity contribution in [2.24, 2.45) is 0 Å². The van der Waals surface area contributed by atoms with E-state index in [0.717, 1.165) is 25.8 Å². The van der Waals surface area contributed by atoms with Gasteiger partial charge in [0, 0.05) is 0 Å². The Morgan fingerprint density at radius 2 is 2.27 bits per heavy atom. The van der Waals surface area contributed by atoms with Crippen molar-refractivity contribution in [3.05, 3.63) is 20.3 Å². The molecule has 5 heteroatoms. The number of piperidine rings is 1. The summed E-state index contributed by atoms with van der Waals surface area (Å²) in [6.45, 7) is 0.909. The fraction of sp³-hybridized carbons (Fsp3) is 0.500. The Bertz CT molecular complexity index is 371. The fourth-order valence-electron chi connectivity index (χ4n) is 1.77. The van der Waals surface area contributed by atoms with Crippen LogP contribution in [0.5, 0.6) is 0 Å². The molecule has 1 aromatic heterocycles. The smallest absolute Gasteiger partial charge is 0.182 e. The molecule has 2 heterocycles. The molecule has 1 fully saturated rings. The summed E-state index contributed by atoms with van der Waals surface area (Å²) >= 11 is 13.0. The molecule has 1 saturated heterocycles. The Hall–Kier alpha value is -0.0900. The first-order chi connectivity index (χ1) is 7.18. The zero-order valence-corrected chi connectivity index (χ0v) is 10.4. The van der Waals surface area contributed by atoms with E-state index in [1.165, 1.54) is 11.3 Å². The van der Waals surface area contributed by atoms with Gasteiger partial charge < -0.3 is 5.32 Å². The SMILES string of the molecule is O=C(c1cc(Cl)sc1Cl)C1CCCCN1. The van der Waals surface area contributed by atoms with Gasteiger partial charge in [0.2, 0.25) is 0 Å². The zero-order valence-electron chi connectivity index (χ0n) is 8.06. The molecular weight excluding hydrogens is 253 g/mol. The highest BCUT2D eigenvalue weighted by Crippen LogP contribution is 2.32. The van der Waals surface area contributed by atoms with E-state index in [9.17, 15) is 4.79 Å². The molecule has 1 aliphatic rings. The van der Waals surface area contributed by atoms with Crippen molar-refractivity contribution in [3.63, 3.8) is 0 Å². The van der Waals surface area contributed by atoms with Gasteiger partial charge in [0.15, 0.2) is 5.78 Å². The molecule has 2 rings (SSSR count). The Morgan fingerprint density at radius 3 is 2.80 bits per heavy atom. The van der Waals surface area contributed by atoms with E-state index in [2.05, 4.69) is 5.32 Å². The second kappa shape index (κ2) is 4.83. The van der Waals surface area contributed by atoms with Crippen LogP contribution in [0.15, 0.2) is 6.07 Å². The van der Waals surface area contributed by atoms with Crippen LogP contribution in [0.4, 0.5) is 0 Å². The topological polar surface area (TPSA) is 29.1 Å². The molecular formula is C10H11Cl2NOS. The van der Waals surface area contributed by atoms with Gasteiger partial charge in [0.25, 0.3) is 0 Å². The van der Waals surface area contributed by atoms with Crippen LogP contribution in [-0.4, -0.2) is 18.4 Å². The highest BCUT2D eigenvalue weighted by molar-refractivity contribution is 7.20. The average Bonchev–Trinajstić information content (AvgIpc) is 2.58. The molecule has 0 aliphatic carbocycles. The van der Waals surface area contributed by atoms with Crippen molar-refractivity contribution in [3.8, 4) is 0 Å². The van der Waals surface area contributed by atoms with Crippen molar-refractivity contribution in [1.82, 2.24) is 5.32 Å². The molecule has 0 spiro atoms. The number of rotatable bonds is 2. The maximum Gasteiger partial charge on any atom is 0.182 e. The van der Waals surface area contributed by atoms with Crippen LogP contribution in [0.25, 0.3) is 0 Å². The predicted molar refractivity (Wildman–Crippen MR) is 64.3 cm³/mol. The molecule has 0 aromatic carbocycles. The van der Waals surface area contributed by atoms with Crippen molar-refractivity contribution in [2.45, 2.75) is 25.3 Å². The Morgan fingerprint density at radius 1 is 1.47 bits per heavy atom. The minimum absolute atomic E-state index is 0.0721. The lowest BCUT2D eigenvalue weighted by Crippen LogP contribution is -2.40. The molecule has 0 saturated carbocycles. The number of Topliss-reactive ketones (excluding diaryl/α,β-unsaturated/α-hetero) is 1. The second-order valence-corrected chi connectivity index (χ2v) is 5.89. The largest absolute Gasteiger partial charge is 0.307 e. The molecule has 1 atom stereocenters. The second-order valence-electron chi connectivity index (χ2n) is 3.60. The third-order valence-corrected chi connectivity index (χ3v) is 4.04. The van der Waals surface area contributed by atoms with Gasteiger partial charge in [-0.05, 0) is 25.5 Å². The summed E-state index contributed by atoms with van der Waals surface area (Å²) in [7, 11) is 0. The maximum atomic E-state index is 12.0. The number of thiophene rings is 1. The minimum Gasteiger partial charge on any atom is -0.307 e. The molecule has 82 valence electrons. The van der Waals surface area contributed by atoms with Gasteiger partial charge >= 0.3 is 0 Å². The first-order valence-corrected chi connectivity index (χ1v) is 6.48. The Labute approximate surface area is 103 Å². The third-order valence-electron chi connectivity index (χ3n) is 2.55. The van der Waals surface area contributed by atoms with Crippen LogP contribution < -0.4 is 5.32 Å². The molecule has 0 bridgehead atoms. The average molecular weight is 264 g/mol. The van der Waals surface area contributed by atoms with E-state index in [1.54, 1.807) is 6.07 Å². The fourth-order valence-corrected chi connectivity index (χ4v) is 3.25. The van der Waals surface area contributed by atoms with Gasteiger partial charge in [-0.3, -0.25) is 4.79 Å². The monoisotopic (exact) mass is 263 g/mol. The van der Waals surface area contributed by atoms with Crippen LogP contribution in [0.2, 0.25) is 8.67 Å². The summed E-state index contributed by atoms with van der Waals surface area (Å²) in [6.07, 6.45) is 3.13. The Kier molecular flexibility index (Phi) is 3.67. The summed E-state index contributed by atoms with van der Waals surface area (Å²) in [4.78, 5) is 12.0. The van der Waals surface area contributed by atoms with Gasteiger partial charge in [-0.2, -0.15) is 0 Å². The standard InChI is InChI=1S/C10H11Cl2NOS/c11-8-5-6(10(12)15-8)9(14)7-3-1-2-4-13-7/h5,7,13H,1-4H2. The predicted octanol–water partition coefficient (Wildman–Crippen LogP) is 3.38. The van der Waals surface area contributed by atoms with Gasteiger partial charge in [-0.25, -0.2) is 0 Å². The van der Waals surface area contributed by atoms with Crippen LogP contribution in [0.1, 0.15) is 29.6 Å². The minimum atomic E-state index is -0.0816. The molecule has 1 aliphatic heterocycles. The first kappa shape index (κ1) is 11.4. The van der Waals surface area contributed by atoms with Crippen molar-refractivity contribution in [2.75, 3.05) is 6.54 Å². The number of nitrogens with one attached hydrogen (secondary N) is 1. The summed E-state index contributed by atoms with van der Waals surface area (Å²) in [5.74, 6) is 0.0721. The molecule has 15 heavy (non-hydrogen) atoms. The Balaban J connectivity index is 2.16. The number of carbonyl (C=O) groups is 1. The molecule has 1 unspecified atom stereocenters. The number of carbonyl (C=O) groups excluding carboxylic acids is 1. The molecule has 1 aromatic rings. The highest BCUT2D eigenvalue weighted by Gasteiger charge is 2.24. The van der Waals surface area contributed by atoms with Crippen LogP contribution >= 0.6 is 34.5 Å². The van der Waals surface area contributed by atoms with Gasteiger partial charge in [0.05, 0.1) is 15.9 Å². The molecule has 2 nitrogen and oxygen atoms in total. The van der Waals surface area contributed by atoms with Crippen LogP contribution in [0, 0.1) is 0 Å². The van der Waals surface area contributed by atoms with Crippen molar-refractivity contribution < 1.29 is 4.79 Å². The van der Waals surface area contributed by atoms with E-state index in [4.69, 9.17) is 23.2 Å². The lowest BCUT2D eigenvalue weighted by Gasteiger charge is -2.21. The quantitative estimate of drug-likeness (QED) is 0.830. The first-order valence-electron chi connectivity index (χ1n) is 4.91. The van der Waals surface area contributed by atoms with E-state index in [1.807, 2.05) is 0 Å². The van der Waals surface area contributed by atoms with E-state index >= 15 is 0 Å². The number of hydrogen-bond donors (Lipinski definition) is 1. The van der Waals surface area contributed by atoms with Crippen molar-refractivity contribution >= 4 is 40.3 Å². The summed E-state index contributed by atoms with van der Waals surface area (Å²) in [6, 6.07) is 1.58. The van der Waals surface area contributed by atoms with Gasteiger partial charge in [-0.1, -0.05) is 29.6 Å². The van der Waals surface area contributed by atoms with Crippen LogP contribution in [-0.2, 0) is 0 Å². The summed E-state index contributed by atoms with van der Waals surface area (Å²) in [5.41, 5.74) is 0.561. The summed E-state index contributed by atoms with van der Waals surface area (Å²) < 4.78 is 1.07. The molecule has 0 amide bonds. The number of halogens is 2. The molecule has 1 N–H and O–H groups in total. The van der Waals surface area contributed by atoms with E-state index < -0.39 is 0 Å². The number of ketones is 1. The summed E-state index contributed by atoms with van der Waals surface area (Å²) in [5, 5.41) is 3.21. The third kappa shape index (κ3) is 2.53. The zero-order chi connectivity index (χ0) is 10.8. The lowest BCUT2D eigenvalue weighted by molar-refractivity contribution is 0.0928. The van der Waals surface area contributed by atoms with Crippen LogP contribution in [0.3, 0.4) is 0 Å². The van der Waals surface area contributed by atoms with Gasteiger partial charge in [-0.15, -0.1) is 11.3 Å². The highest BCUT2D eigenvalue weighted by atomic mass is 35.5. The van der Waals surface area contributed by atoms with Gasteiger partial charge in [0.1, 0.15) is 4.34 Å². The normalized spacial score (nSPS) is 21.6. The lowest BCUT2D eigenvalue weighted by atomic mass is 9.98. The van der Waals surface area contributed by atoms with Crippen molar-refractivity contribution in [1.29, 1.82) is 0 Å². The van der Waals surface area contributed by atoms with E-state index in [0.29, 0.717) is 14.2 Å². The molecule has 0 radical (unpaired) electrons. The maximum absolute atomic E-state index is 12.0. The van der Waals surface area contributed by atoms with E-state index in [-0.39, 0.29) is 11.8 Å². The number of hydrogen-bond acceptors (Lipinski definition) is 3.